The quantitative estimate of drug-likeness (QED) is 0.640. The Kier molecular flexibility index (Phi) is 6.32. The molecule has 0 unspecified atom stereocenters. The first kappa shape index (κ1) is 16.7. The summed E-state index contributed by atoms with van der Waals surface area (Å²) in [6.07, 6.45) is 6.03. The maximum Gasteiger partial charge on any atom is 0.262 e. The van der Waals surface area contributed by atoms with Gasteiger partial charge >= 0.3 is 0 Å². The first-order chi connectivity index (χ1) is 11.1. The highest BCUT2D eigenvalue weighted by Gasteiger charge is 1.98. The molecule has 23 heavy (non-hydrogen) atoms. The van der Waals surface area contributed by atoms with Crippen LogP contribution in [-0.2, 0) is 9.59 Å². The van der Waals surface area contributed by atoms with Gasteiger partial charge in [0.25, 0.3) is 11.8 Å². The minimum Gasteiger partial charge on any atom is -0.268 e. The summed E-state index contributed by atoms with van der Waals surface area (Å²) in [6.45, 7) is 0. The van der Waals surface area contributed by atoms with Crippen LogP contribution in [0.4, 0.5) is 0 Å². The minimum absolute atomic E-state index is 0.403. The van der Waals surface area contributed by atoms with Gasteiger partial charge < -0.3 is 0 Å². The number of amides is 2. The topological polar surface area (TPSA) is 58.2 Å². The molecule has 5 heteroatoms. The fraction of sp³-hybridized carbons (Fsp3) is 0. The number of rotatable bonds is 4. The number of hydrogen-bond donors (Lipinski definition) is 2. The minimum atomic E-state index is -0.408. The molecular formula is C18H15BrN2O2. The van der Waals surface area contributed by atoms with E-state index < -0.39 is 11.8 Å². The molecule has 0 radical (unpaired) electrons. The Morgan fingerprint density at radius 2 is 1.22 bits per heavy atom. The molecule has 0 aliphatic rings. The molecule has 0 atom stereocenters. The van der Waals surface area contributed by atoms with Crippen molar-refractivity contribution in [3.05, 3.63) is 82.3 Å². The van der Waals surface area contributed by atoms with Crippen LogP contribution in [0.25, 0.3) is 12.2 Å². The molecule has 0 fully saturated rings. The van der Waals surface area contributed by atoms with E-state index in [9.17, 15) is 9.59 Å². The molecule has 2 rings (SSSR count). The second-order valence-corrected chi connectivity index (χ2v) is 5.52. The lowest BCUT2D eigenvalue weighted by Gasteiger charge is -2.01. The first-order valence-electron chi connectivity index (χ1n) is 6.90. The Balaban J connectivity index is 1.78. The summed E-state index contributed by atoms with van der Waals surface area (Å²) in [5.41, 5.74) is 6.42. The summed E-state index contributed by atoms with van der Waals surface area (Å²) in [7, 11) is 0. The molecule has 0 saturated carbocycles. The predicted molar refractivity (Wildman–Crippen MR) is 94.9 cm³/mol. The summed E-state index contributed by atoms with van der Waals surface area (Å²) in [6, 6.07) is 16.9. The van der Waals surface area contributed by atoms with Crippen LogP contribution in [0, 0.1) is 0 Å². The van der Waals surface area contributed by atoms with Gasteiger partial charge in [0, 0.05) is 16.6 Å². The maximum absolute atomic E-state index is 11.6. The average molecular weight is 371 g/mol. The largest absolute Gasteiger partial charge is 0.268 e. The van der Waals surface area contributed by atoms with Gasteiger partial charge in [-0.1, -0.05) is 58.4 Å². The van der Waals surface area contributed by atoms with Crippen LogP contribution in [-0.4, -0.2) is 11.8 Å². The molecule has 0 aliphatic heterocycles. The van der Waals surface area contributed by atoms with Crippen molar-refractivity contribution in [2.75, 3.05) is 0 Å². The summed E-state index contributed by atoms with van der Waals surface area (Å²) in [5, 5.41) is 0. The Bertz CT molecular complexity index is 722. The van der Waals surface area contributed by atoms with E-state index in [0.29, 0.717) is 0 Å². The molecule has 0 bridgehead atoms. The molecule has 0 aromatic heterocycles. The third kappa shape index (κ3) is 6.32. The van der Waals surface area contributed by atoms with Crippen LogP contribution >= 0.6 is 15.9 Å². The van der Waals surface area contributed by atoms with Gasteiger partial charge in [0.1, 0.15) is 0 Å². The van der Waals surface area contributed by atoms with E-state index in [4.69, 9.17) is 0 Å². The summed E-state index contributed by atoms with van der Waals surface area (Å²) in [5.74, 6) is -0.811. The highest BCUT2D eigenvalue weighted by Crippen LogP contribution is 2.11. The number of carbonyl (C=O) groups is 2. The van der Waals surface area contributed by atoms with Crippen molar-refractivity contribution < 1.29 is 9.59 Å². The van der Waals surface area contributed by atoms with Crippen molar-refractivity contribution in [1.29, 1.82) is 0 Å². The number of hydrogen-bond acceptors (Lipinski definition) is 2. The van der Waals surface area contributed by atoms with E-state index in [-0.39, 0.29) is 0 Å². The number of benzene rings is 2. The van der Waals surface area contributed by atoms with Gasteiger partial charge in [0.15, 0.2) is 0 Å². The Morgan fingerprint density at radius 1 is 0.739 bits per heavy atom. The van der Waals surface area contributed by atoms with E-state index in [1.807, 2.05) is 54.6 Å². The predicted octanol–water partition coefficient (Wildman–Crippen LogP) is 3.32. The van der Waals surface area contributed by atoms with E-state index in [1.165, 1.54) is 12.2 Å². The fourth-order valence-corrected chi connectivity index (χ4v) is 1.95. The maximum atomic E-state index is 11.6. The zero-order chi connectivity index (χ0) is 16.5. The number of hydrazine groups is 1. The fourth-order valence-electron chi connectivity index (χ4n) is 1.69. The Hall–Kier alpha value is -2.66. The average Bonchev–Trinajstić information content (AvgIpc) is 2.58. The number of carbonyl (C=O) groups excluding carboxylic acids is 2. The highest BCUT2D eigenvalue weighted by atomic mass is 79.9. The van der Waals surface area contributed by atoms with Gasteiger partial charge in [-0.25, -0.2) is 0 Å². The standard InChI is InChI=1S/C18H15BrN2O2/c19-16-10-6-15(7-11-16)9-13-18(23)21-20-17(22)12-8-14-4-2-1-3-5-14/h1-13H,(H,20,22)(H,21,23)/b12-8?,13-9+. The third-order valence-electron chi connectivity index (χ3n) is 2.83. The zero-order valence-electron chi connectivity index (χ0n) is 12.2. The lowest BCUT2D eigenvalue weighted by molar-refractivity contribution is -0.123. The van der Waals surface area contributed by atoms with Crippen molar-refractivity contribution >= 4 is 39.9 Å². The second-order valence-electron chi connectivity index (χ2n) is 4.61. The van der Waals surface area contributed by atoms with Gasteiger partial charge in [-0.2, -0.15) is 0 Å². The number of halogens is 1. The van der Waals surface area contributed by atoms with Crippen LogP contribution in [0.15, 0.2) is 71.2 Å². The molecule has 2 amide bonds. The van der Waals surface area contributed by atoms with Crippen LogP contribution in [0.2, 0.25) is 0 Å². The molecule has 0 heterocycles. The molecule has 2 N–H and O–H groups in total. The Morgan fingerprint density at radius 3 is 1.74 bits per heavy atom. The summed E-state index contributed by atoms with van der Waals surface area (Å²) in [4.78, 5) is 23.2. The molecule has 0 spiro atoms. The number of nitrogens with one attached hydrogen (secondary N) is 2. The van der Waals surface area contributed by atoms with Crippen molar-refractivity contribution in [3.63, 3.8) is 0 Å². The lowest BCUT2D eigenvalue weighted by Crippen LogP contribution is -2.39. The van der Waals surface area contributed by atoms with Crippen molar-refractivity contribution in [2.24, 2.45) is 0 Å². The van der Waals surface area contributed by atoms with Crippen molar-refractivity contribution in [2.45, 2.75) is 0 Å². The smallest absolute Gasteiger partial charge is 0.262 e. The van der Waals surface area contributed by atoms with Crippen LogP contribution in [0.1, 0.15) is 11.1 Å². The first-order valence-corrected chi connectivity index (χ1v) is 7.69. The van der Waals surface area contributed by atoms with Crippen molar-refractivity contribution in [3.8, 4) is 0 Å². The molecule has 116 valence electrons. The normalized spacial score (nSPS) is 10.8. The van der Waals surface area contributed by atoms with Crippen molar-refractivity contribution in [1.82, 2.24) is 10.9 Å². The van der Waals surface area contributed by atoms with Gasteiger partial charge in [0.2, 0.25) is 0 Å². The van der Waals surface area contributed by atoms with Crippen LogP contribution in [0.5, 0.6) is 0 Å². The van der Waals surface area contributed by atoms with Gasteiger partial charge in [-0.15, -0.1) is 0 Å². The molecule has 2 aromatic rings. The lowest BCUT2D eigenvalue weighted by atomic mass is 10.2. The summed E-state index contributed by atoms with van der Waals surface area (Å²) < 4.78 is 0.969. The SMILES string of the molecule is O=C(C=Cc1ccccc1)NNC(=O)/C=C/c1ccc(Br)cc1. The van der Waals surface area contributed by atoms with Gasteiger partial charge in [-0.3, -0.25) is 20.4 Å². The molecule has 2 aromatic carbocycles. The van der Waals surface area contributed by atoms with Crippen LogP contribution < -0.4 is 10.9 Å². The van der Waals surface area contributed by atoms with E-state index in [2.05, 4.69) is 26.8 Å². The van der Waals surface area contributed by atoms with Crippen LogP contribution in [0.3, 0.4) is 0 Å². The monoisotopic (exact) mass is 370 g/mol. The van der Waals surface area contributed by atoms with E-state index >= 15 is 0 Å². The zero-order valence-corrected chi connectivity index (χ0v) is 13.8. The highest BCUT2D eigenvalue weighted by molar-refractivity contribution is 9.10. The van der Waals surface area contributed by atoms with Gasteiger partial charge in [-0.05, 0) is 35.4 Å². The third-order valence-corrected chi connectivity index (χ3v) is 3.36. The second kappa shape index (κ2) is 8.70. The van der Waals surface area contributed by atoms with E-state index in [1.54, 1.807) is 12.2 Å². The molecular weight excluding hydrogens is 356 g/mol. The molecule has 4 nitrogen and oxygen atoms in total. The molecule has 0 aliphatic carbocycles. The van der Waals surface area contributed by atoms with E-state index in [0.717, 1.165) is 15.6 Å². The van der Waals surface area contributed by atoms with Gasteiger partial charge in [0.05, 0.1) is 0 Å². The summed E-state index contributed by atoms with van der Waals surface area (Å²) >= 11 is 3.34. The Labute approximate surface area is 143 Å². The molecule has 0 saturated heterocycles.